The largest absolute Gasteiger partial charge is 0.393 e. The number of piperidine rings is 1. The van der Waals surface area contributed by atoms with Crippen LogP contribution >= 0.6 is 11.6 Å². The predicted molar refractivity (Wildman–Crippen MR) is 62.0 cm³/mol. The van der Waals surface area contributed by atoms with Crippen LogP contribution in [0.25, 0.3) is 0 Å². The number of benzene rings is 1. The third-order valence-corrected chi connectivity index (χ3v) is 3.09. The van der Waals surface area contributed by atoms with Crippen molar-refractivity contribution >= 4 is 11.6 Å². The first kappa shape index (κ1) is 10.9. The fourth-order valence-electron chi connectivity index (χ4n) is 1.97. The Bertz CT molecular complexity index is 321. The van der Waals surface area contributed by atoms with E-state index in [0.717, 1.165) is 37.5 Å². The molecule has 0 unspecified atom stereocenters. The Morgan fingerprint density at radius 3 is 2.73 bits per heavy atom. The van der Waals surface area contributed by atoms with Crippen LogP contribution in [0.15, 0.2) is 24.3 Å². The molecular formula is C12H16ClNO. The van der Waals surface area contributed by atoms with Gasteiger partial charge in [0.1, 0.15) is 0 Å². The van der Waals surface area contributed by atoms with Gasteiger partial charge in [0.15, 0.2) is 0 Å². The van der Waals surface area contributed by atoms with Crippen molar-refractivity contribution in [2.24, 2.45) is 0 Å². The molecular weight excluding hydrogens is 210 g/mol. The zero-order valence-corrected chi connectivity index (χ0v) is 9.45. The Morgan fingerprint density at radius 1 is 1.33 bits per heavy atom. The summed E-state index contributed by atoms with van der Waals surface area (Å²) < 4.78 is 0. The lowest BCUT2D eigenvalue weighted by Gasteiger charge is -2.29. The molecule has 1 fully saturated rings. The summed E-state index contributed by atoms with van der Waals surface area (Å²) in [5, 5.41) is 10.2. The van der Waals surface area contributed by atoms with E-state index < -0.39 is 0 Å². The topological polar surface area (TPSA) is 23.5 Å². The molecule has 1 heterocycles. The molecule has 0 amide bonds. The van der Waals surface area contributed by atoms with E-state index in [4.69, 9.17) is 11.6 Å². The quantitative estimate of drug-likeness (QED) is 0.835. The molecule has 0 atom stereocenters. The molecule has 2 rings (SSSR count). The molecule has 2 nitrogen and oxygen atoms in total. The van der Waals surface area contributed by atoms with Crippen molar-refractivity contribution in [1.29, 1.82) is 0 Å². The number of rotatable bonds is 2. The van der Waals surface area contributed by atoms with Crippen LogP contribution in [0.5, 0.6) is 0 Å². The zero-order chi connectivity index (χ0) is 10.7. The van der Waals surface area contributed by atoms with Crippen LogP contribution in [0, 0.1) is 0 Å². The highest BCUT2D eigenvalue weighted by Gasteiger charge is 2.16. The van der Waals surface area contributed by atoms with E-state index in [1.54, 1.807) is 0 Å². The Balaban J connectivity index is 1.92. The normalized spacial score (nSPS) is 19.3. The number of likely N-dealkylation sites (tertiary alicyclic amines) is 1. The Hall–Kier alpha value is -0.570. The maximum Gasteiger partial charge on any atom is 0.0564 e. The van der Waals surface area contributed by atoms with E-state index in [-0.39, 0.29) is 6.10 Å². The van der Waals surface area contributed by atoms with E-state index in [2.05, 4.69) is 11.0 Å². The van der Waals surface area contributed by atoms with Crippen molar-refractivity contribution in [1.82, 2.24) is 4.90 Å². The smallest absolute Gasteiger partial charge is 0.0564 e. The third-order valence-electron chi connectivity index (χ3n) is 2.85. The lowest BCUT2D eigenvalue weighted by molar-refractivity contribution is 0.0792. The summed E-state index contributed by atoms with van der Waals surface area (Å²) in [6, 6.07) is 7.98. The average molecular weight is 226 g/mol. The Morgan fingerprint density at radius 2 is 2.07 bits per heavy atom. The fraction of sp³-hybridized carbons (Fsp3) is 0.500. The molecule has 0 saturated carbocycles. The Labute approximate surface area is 95.5 Å². The fourth-order valence-corrected chi connectivity index (χ4v) is 2.18. The molecule has 0 bridgehead atoms. The minimum absolute atomic E-state index is 0.0967. The van der Waals surface area contributed by atoms with Gasteiger partial charge in [0.2, 0.25) is 0 Å². The first-order valence-electron chi connectivity index (χ1n) is 5.39. The van der Waals surface area contributed by atoms with Gasteiger partial charge in [-0.3, -0.25) is 4.90 Å². The molecule has 15 heavy (non-hydrogen) atoms. The second kappa shape index (κ2) is 4.97. The van der Waals surface area contributed by atoms with Crippen molar-refractivity contribution in [2.75, 3.05) is 13.1 Å². The summed E-state index contributed by atoms with van der Waals surface area (Å²) in [6.07, 6.45) is 1.68. The second-order valence-electron chi connectivity index (χ2n) is 4.14. The molecule has 0 aliphatic carbocycles. The van der Waals surface area contributed by atoms with Crippen LogP contribution in [0.3, 0.4) is 0 Å². The summed E-state index contributed by atoms with van der Waals surface area (Å²) in [6.45, 7) is 2.90. The van der Waals surface area contributed by atoms with Crippen LogP contribution < -0.4 is 0 Å². The summed E-state index contributed by atoms with van der Waals surface area (Å²) in [7, 11) is 0. The van der Waals surface area contributed by atoms with Crippen molar-refractivity contribution in [3.63, 3.8) is 0 Å². The summed E-state index contributed by atoms with van der Waals surface area (Å²) in [4.78, 5) is 2.36. The maximum atomic E-state index is 9.39. The lowest BCUT2D eigenvalue weighted by atomic mass is 10.1. The molecule has 1 aromatic rings. The van der Waals surface area contributed by atoms with Gasteiger partial charge >= 0.3 is 0 Å². The molecule has 1 aliphatic rings. The van der Waals surface area contributed by atoms with Crippen molar-refractivity contribution in [3.8, 4) is 0 Å². The van der Waals surface area contributed by atoms with E-state index in [1.165, 1.54) is 5.56 Å². The van der Waals surface area contributed by atoms with Gasteiger partial charge in [-0.25, -0.2) is 0 Å². The van der Waals surface area contributed by atoms with E-state index in [1.807, 2.05) is 18.2 Å². The molecule has 0 radical (unpaired) electrons. The van der Waals surface area contributed by atoms with Gasteiger partial charge in [-0.15, -0.1) is 0 Å². The SMILES string of the molecule is OC1CCN(Cc2cccc(Cl)c2)CC1. The maximum absolute atomic E-state index is 9.39. The summed E-state index contributed by atoms with van der Waals surface area (Å²) >= 11 is 5.93. The molecule has 0 aromatic heterocycles. The van der Waals surface area contributed by atoms with Crippen molar-refractivity contribution < 1.29 is 5.11 Å². The minimum Gasteiger partial charge on any atom is -0.393 e. The number of nitrogens with zero attached hydrogens (tertiary/aromatic N) is 1. The lowest BCUT2D eigenvalue weighted by Crippen LogP contribution is -2.35. The highest BCUT2D eigenvalue weighted by Crippen LogP contribution is 2.16. The first-order valence-corrected chi connectivity index (χ1v) is 5.77. The van der Waals surface area contributed by atoms with E-state index in [0.29, 0.717) is 0 Å². The number of halogens is 1. The molecule has 1 aromatic carbocycles. The van der Waals surface area contributed by atoms with Gasteiger partial charge in [0.05, 0.1) is 6.10 Å². The molecule has 82 valence electrons. The van der Waals surface area contributed by atoms with Crippen LogP contribution in [-0.4, -0.2) is 29.2 Å². The van der Waals surface area contributed by atoms with Gasteiger partial charge in [-0.2, -0.15) is 0 Å². The first-order chi connectivity index (χ1) is 7.24. The third kappa shape index (κ3) is 3.20. The van der Waals surface area contributed by atoms with Gasteiger partial charge in [0.25, 0.3) is 0 Å². The van der Waals surface area contributed by atoms with Crippen molar-refractivity contribution in [2.45, 2.75) is 25.5 Å². The summed E-state index contributed by atoms with van der Waals surface area (Å²) in [5.74, 6) is 0. The predicted octanol–water partition coefficient (Wildman–Crippen LogP) is 2.30. The highest BCUT2D eigenvalue weighted by atomic mass is 35.5. The monoisotopic (exact) mass is 225 g/mol. The van der Waals surface area contributed by atoms with Gasteiger partial charge in [0, 0.05) is 24.7 Å². The molecule has 1 aliphatic heterocycles. The number of hydrogen-bond acceptors (Lipinski definition) is 2. The standard InChI is InChI=1S/C12H16ClNO/c13-11-3-1-2-10(8-11)9-14-6-4-12(15)5-7-14/h1-3,8,12,15H,4-7,9H2. The van der Waals surface area contributed by atoms with E-state index >= 15 is 0 Å². The average Bonchev–Trinajstić information content (AvgIpc) is 2.22. The van der Waals surface area contributed by atoms with Gasteiger partial charge in [-0.05, 0) is 30.5 Å². The minimum atomic E-state index is -0.0967. The highest BCUT2D eigenvalue weighted by molar-refractivity contribution is 6.30. The molecule has 1 N–H and O–H groups in total. The second-order valence-corrected chi connectivity index (χ2v) is 4.57. The summed E-state index contributed by atoms with van der Waals surface area (Å²) in [5.41, 5.74) is 1.25. The van der Waals surface area contributed by atoms with E-state index in [9.17, 15) is 5.11 Å². The number of aliphatic hydroxyl groups excluding tert-OH is 1. The van der Waals surface area contributed by atoms with Gasteiger partial charge in [-0.1, -0.05) is 23.7 Å². The Kier molecular flexibility index (Phi) is 3.62. The van der Waals surface area contributed by atoms with Crippen LogP contribution in [-0.2, 0) is 6.54 Å². The van der Waals surface area contributed by atoms with Crippen LogP contribution in [0.4, 0.5) is 0 Å². The van der Waals surface area contributed by atoms with Crippen LogP contribution in [0.2, 0.25) is 5.02 Å². The molecule has 3 heteroatoms. The number of aliphatic hydroxyl groups is 1. The van der Waals surface area contributed by atoms with Crippen LogP contribution in [0.1, 0.15) is 18.4 Å². The zero-order valence-electron chi connectivity index (χ0n) is 8.69. The van der Waals surface area contributed by atoms with Gasteiger partial charge < -0.3 is 5.11 Å². The molecule has 1 saturated heterocycles. The van der Waals surface area contributed by atoms with Crippen molar-refractivity contribution in [3.05, 3.63) is 34.9 Å². The number of hydrogen-bond donors (Lipinski definition) is 1. The molecule has 0 spiro atoms.